The molecule has 11 N–H and O–H groups in total. The first-order valence-corrected chi connectivity index (χ1v) is 3.93. The molecule has 0 aliphatic carbocycles. The molecular weight excluding hydrogens is 234 g/mol. The van der Waals surface area contributed by atoms with Gasteiger partial charge < -0.3 is 15.6 Å². The van der Waals surface area contributed by atoms with Crippen molar-refractivity contribution in [3.63, 3.8) is 0 Å². The average Bonchev–Trinajstić information content (AvgIpc) is 2.44. The second-order valence-corrected chi connectivity index (χ2v) is 2.67. The van der Waals surface area contributed by atoms with Gasteiger partial charge in [-0.2, -0.15) is 0 Å². The van der Waals surface area contributed by atoms with Crippen molar-refractivity contribution in [1.29, 1.82) is 0 Å². The number of nitrogens with two attached hydrogens (primary N) is 3. The number of rotatable bonds is 0. The average molecular weight is 245 g/mol. The van der Waals surface area contributed by atoms with Crippen LogP contribution in [0.1, 0.15) is 0 Å². The zero-order valence-electron chi connectivity index (χ0n) is 8.40. The quantitative estimate of drug-likeness (QED) is 0.195. The zero-order valence-corrected chi connectivity index (χ0v) is 8.40. The first kappa shape index (κ1) is 14.2. The van der Waals surface area contributed by atoms with Crippen LogP contribution in [0.25, 0.3) is 11.2 Å². The smallest absolute Gasteiger partial charge is 0.336 e. The van der Waals surface area contributed by atoms with Crippen molar-refractivity contribution in [2.24, 2.45) is 11.5 Å². The Kier molecular flexibility index (Phi) is 4.43. The standard InChI is InChI=1S/C5H4N4O3.CH5N3.H2O/c10-3-1-2(7-4(11)6-1)8-5(12)9-3;2-1(3)4;/h(H4,6,7,8,9,10,11,12);(H5,2,3,4);1H2. The highest BCUT2D eigenvalue weighted by Gasteiger charge is 2.01. The third-order valence-electron chi connectivity index (χ3n) is 1.37. The van der Waals surface area contributed by atoms with Gasteiger partial charge >= 0.3 is 11.6 Å². The highest BCUT2D eigenvalue weighted by atomic mass is 16.3. The van der Waals surface area contributed by atoms with E-state index in [1.807, 2.05) is 4.98 Å². The zero-order chi connectivity index (χ0) is 12.3. The Morgan fingerprint density at radius 3 is 2.29 bits per heavy atom. The SMILES string of the molecule is NC(N)=[NH2+].O.O=c1[nH]c2nc([O-])[nH]c(=O)c2[nH]1. The van der Waals surface area contributed by atoms with E-state index in [1.165, 1.54) is 0 Å². The Balaban J connectivity index is 0.000000453. The van der Waals surface area contributed by atoms with Crippen molar-refractivity contribution in [3.8, 4) is 6.01 Å². The van der Waals surface area contributed by atoms with Crippen LogP contribution in [0.15, 0.2) is 9.59 Å². The molecule has 0 bridgehead atoms. The van der Waals surface area contributed by atoms with Gasteiger partial charge in [0, 0.05) is 0 Å². The minimum absolute atomic E-state index is 0. The van der Waals surface area contributed by atoms with Crippen molar-refractivity contribution in [2.75, 3.05) is 0 Å². The van der Waals surface area contributed by atoms with Crippen molar-refractivity contribution in [1.82, 2.24) is 19.9 Å². The van der Waals surface area contributed by atoms with Gasteiger partial charge in [-0.15, -0.1) is 0 Å². The maximum Gasteiger partial charge on any atom is 0.336 e. The van der Waals surface area contributed by atoms with Crippen LogP contribution < -0.4 is 33.2 Å². The van der Waals surface area contributed by atoms with Crippen LogP contribution in [0.2, 0.25) is 0 Å². The summed E-state index contributed by atoms with van der Waals surface area (Å²) in [4.78, 5) is 31.2. The molecule has 17 heavy (non-hydrogen) atoms. The highest BCUT2D eigenvalue weighted by molar-refractivity contribution is 5.68. The molecule has 0 unspecified atom stereocenters. The van der Waals surface area contributed by atoms with Gasteiger partial charge in [0.1, 0.15) is 0 Å². The lowest BCUT2D eigenvalue weighted by atomic mass is 10.5. The van der Waals surface area contributed by atoms with Crippen molar-refractivity contribution in [3.05, 3.63) is 20.8 Å². The number of aromatic nitrogens is 4. The minimum atomic E-state index is -0.775. The van der Waals surface area contributed by atoms with Gasteiger partial charge in [-0.25, -0.2) is 9.78 Å². The van der Waals surface area contributed by atoms with Crippen LogP contribution in [0.3, 0.4) is 0 Å². The molecule has 0 saturated carbocycles. The Morgan fingerprint density at radius 1 is 1.24 bits per heavy atom. The second kappa shape index (κ2) is 5.32. The van der Waals surface area contributed by atoms with Crippen LogP contribution in [0.5, 0.6) is 6.01 Å². The molecule has 2 rings (SSSR count). The molecule has 2 aromatic rings. The normalized spacial score (nSPS) is 8.94. The van der Waals surface area contributed by atoms with E-state index in [0.717, 1.165) is 0 Å². The summed E-state index contributed by atoms with van der Waals surface area (Å²) >= 11 is 0. The van der Waals surface area contributed by atoms with Gasteiger partial charge in [-0.05, 0) is 0 Å². The summed E-state index contributed by atoms with van der Waals surface area (Å²) in [7, 11) is 0. The number of aromatic amines is 3. The van der Waals surface area contributed by atoms with Crippen molar-refractivity contribution in [2.45, 2.75) is 0 Å². The van der Waals surface area contributed by atoms with Crippen LogP contribution >= 0.6 is 0 Å². The summed E-state index contributed by atoms with van der Waals surface area (Å²) in [6.45, 7) is 0. The predicted molar refractivity (Wildman–Crippen MR) is 55.7 cm³/mol. The molecule has 0 atom stereocenters. The highest BCUT2D eigenvalue weighted by Crippen LogP contribution is 1.97. The second-order valence-electron chi connectivity index (χ2n) is 2.67. The van der Waals surface area contributed by atoms with Crippen LogP contribution in [-0.2, 0) is 0 Å². The summed E-state index contributed by atoms with van der Waals surface area (Å²) in [5.74, 6) is -0.0833. The van der Waals surface area contributed by atoms with E-state index in [4.69, 9.17) is 0 Å². The summed E-state index contributed by atoms with van der Waals surface area (Å²) in [6, 6.07) is -0.775. The fourth-order valence-corrected chi connectivity index (χ4v) is 0.911. The lowest BCUT2D eigenvalue weighted by Crippen LogP contribution is -2.51. The van der Waals surface area contributed by atoms with E-state index < -0.39 is 17.3 Å². The Bertz CT molecular complexity index is 619. The first-order chi connectivity index (χ1) is 7.40. The van der Waals surface area contributed by atoms with E-state index >= 15 is 0 Å². The first-order valence-electron chi connectivity index (χ1n) is 3.93. The van der Waals surface area contributed by atoms with E-state index in [1.54, 1.807) is 0 Å². The Morgan fingerprint density at radius 2 is 1.76 bits per heavy atom. The summed E-state index contributed by atoms with van der Waals surface area (Å²) < 4.78 is 0. The van der Waals surface area contributed by atoms with Crippen molar-refractivity contribution >= 4 is 17.1 Å². The van der Waals surface area contributed by atoms with Gasteiger partial charge in [0.2, 0.25) is 0 Å². The van der Waals surface area contributed by atoms with Gasteiger partial charge in [0.25, 0.3) is 5.56 Å². The van der Waals surface area contributed by atoms with E-state index in [2.05, 4.69) is 31.8 Å². The molecule has 0 spiro atoms. The van der Waals surface area contributed by atoms with Gasteiger partial charge in [0.05, 0.1) is 6.01 Å². The van der Waals surface area contributed by atoms with Crippen LogP contribution in [0, 0.1) is 0 Å². The molecule has 0 amide bonds. The molecule has 11 nitrogen and oxygen atoms in total. The fraction of sp³-hybridized carbons (Fsp3) is 0. The molecule has 2 heterocycles. The Labute approximate surface area is 92.3 Å². The van der Waals surface area contributed by atoms with Crippen molar-refractivity contribution < 1.29 is 16.0 Å². The molecule has 0 aliphatic heterocycles. The largest absolute Gasteiger partial charge is 0.846 e. The monoisotopic (exact) mass is 245 g/mol. The lowest BCUT2D eigenvalue weighted by Gasteiger charge is -1.99. The third-order valence-corrected chi connectivity index (χ3v) is 1.37. The molecule has 94 valence electrons. The van der Waals surface area contributed by atoms with Crippen LogP contribution in [-0.4, -0.2) is 31.4 Å². The Hall–Kier alpha value is -2.82. The molecule has 0 saturated heterocycles. The number of hydrogen-bond acceptors (Lipinski definition) is 4. The number of nitrogens with zero attached hydrogens (tertiary/aromatic N) is 1. The number of imidazole rings is 1. The molecule has 0 aliphatic rings. The number of fused-ring (bicyclic) bond motifs is 1. The molecule has 0 fully saturated rings. The molecule has 11 heteroatoms. The van der Waals surface area contributed by atoms with Gasteiger partial charge in [-0.1, -0.05) is 0 Å². The maximum absolute atomic E-state index is 10.9. The van der Waals surface area contributed by atoms with E-state index in [9.17, 15) is 14.7 Å². The third kappa shape index (κ3) is 3.67. The summed E-state index contributed by atoms with van der Waals surface area (Å²) in [5.41, 5.74) is 7.92. The topological polar surface area (TPSA) is 227 Å². The number of hydrogen-bond donors (Lipinski definition) is 6. The van der Waals surface area contributed by atoms with Gasteiger partial charge in [0.15, 0.2) is 11.2 Å². The number of nitrogens with one attached hydrogen (secondary N) is 3. The van der Waals surface area contributed by atoms with E-state index in [0.29, 0.717) is 0 Å². The van der Waals surface area contributed by atoms with E-state index in [-0.39, 0.29) is 22.6 Å². The lowest BCUT2D eigenvalue weighted by molar-refractivity contribution is -0.281. The predicted octanol–water partition coefficient (Wildman–Crippen LogP) is -5.79. The number of H-pyrrole nitrogens is 3. The van der Waals surface area contributed by atoms with Crippen LogP contribution in [0.4, 0.5) is 0 Å². The number of guanidine groups is 1. The summed E-state index contributed by atoms with van der Waals surface area (Å²) in [6.07, 6.45) is 0. The maximum atomic E-state index is 10.9. The molecular formula is C6H11N7O4. The molecule has 2 aromatic heterocycles. The molecule has 0 radical (unpaired) electrons. The molecule has 0 aromatic carbocycles. The minimum Gasteiger partial charge on any atom is -0.846 e. The summed E-state index contributed by atoms with van der Waals surface area (Å²) in [5, 5.41) is 15.2. The van der Waals surface area contributed by atoms with Gasteiger partial charge in [-0.3, -0.25) is 31.6 Å². The fourth-order valence-electron chi connectivity index (χ4n) is 0.911.